The van der Waals surface area contributed by atoms with Gasteiger partial charge >= 0.3 is 5.97 Å². The summed E-state index contributed by atoms with van der Waals surface area (Å²) in [6, 6.07) is 0.459. The molecule has 0 amide bonds. The number of carboxylic acids is 1. The van der Waals surface area contributed by atoms with Gasteiger partial charge in [0.2, 0.25) is 0 Å². The molecule has 3 unspecified atom stereocenters. The van der Waals surface area contributed by atoms with E-state index in [1.54, 1.807) is 0 Å². The summed E-state index contributed by atoms with van der Waals surface area (Å²) in [7, 11) is 0. The largest absolute Gasteiger partial charge is 0.481 e. The molecule has 1 aliphatic rings. The molecule has 19 heavy (non-hydrogen) atoms. The van der Waals surface area contributed by atoms with Crippen molar-refractivity contribution in [1.29, 1.82) is 0 Å². The van der Waals surface area contributed by atoms with Gasteiger partial charge in [-0.25, -0.2) is 4.98 Å². The highest BCUT2D eigenvalue weighted by Gasteiger charge is 2.29. The molecule has 3 atom stereocenters. The SMILES string of the molecule is Cc1cn(C2CCCC(C)C2C)c(SCC(=O)O)n1. The average molecular weight is 282 g/mol. The topological polar surface area (TPSA) is 55.1 Å². The Morgan fingerprint density at radius 1 is 1.53 bits per heavy atom. The van der Waals surface area contributed by atoms with E-state index in [2.05, 4.69) is 29.6 Å². The summed E-state index contributed by atoms with van der Waals surface area (Å²) in [4.78, 5) is 15.2. The first-order valence-corrected chi connectivity index (χ1v) is 7.87. The molecule has 0 bridgehead atoms. The van der Waals surface area contributed by atoms with Crippen LogP contribution < -0.4 is 0 Å². The Balaban J connectivity index is 2.20. The fourth-order valence-corrected chi connectivity index (χ4v) is 3.71. The highest BCUT2D eigenvalue weighted by molar-refractivity contribution is 7.99. The van der Waals surface area contributed by atoms with Gasteiger partial charge in [0.15, 0.2) is 5.16 Å². The first-order valence-electron chi connectivity index (χ1n) is 6.89. The van der Waals surface area contributed by atoms with Gasteiger partial charge in [-0.2, -0.15) is 0 Å². The lowest BCUT2D eigenvalue weighted by molar-refractivity contribution is -0.133. The molecule has 0 radical (unpaired) electrons. The number of hydrogen-bond donors (Lipinski definition) is 1. The van der Waals surface area contributed by atoms with E-state index in [1.165, 1.54) is 31.0 Å². The number of aryl methyl sites for hydroxylation is 1. The Bertz CT molecular complexity index is 458. The number of aromatic nitrogens is 2. The Kier molecular flexibility index (Phi) is 4.55. The molecule has 1 aliphatic carbocycles. The maximum absolute atomic E-state index is 10.7. The summed E-state index contributed by atoms with van der Waals surface area (Å²) < 4.78 is 2.21. The second kappa shape index (κ2) is 5.99. The summed E-state index contributed by atoms with van der Waals surface area (Å²) in [5, 5.41) is 9.67. The van der Waals surface area contributed by atoms with E-state index >= 15 is 0 Å². The quantitative estimate of drug-likeness (QED) is 0.860. The molecule has 1 saturated carbocycles. The number of imidazole rings is 1. The molecular formula is C14H22N2O2S. The van der Waals surface area contributed by atoms with Crippen molar-refractivity contribution in [3.8, 4) is 0 Å². The standard InChI is InChI=1S/C14H22N2O2S/c1-9-5-4-6-12(11(9)3)16-7-10(2)15-14(16)19-8-13(17)18/h7,9,11-12H,4-6,8H2,1-3H3,(H,17,18). The van der Waals surface area contributed by atoms with Crippen molar-refractivity contribution in [2.75, 3.05) is 5.75 Å². The lowest BCUT2D eigenvalue weighted by atomic mass is 9.78. The second-order valence-electron chi connectivity index (χ2n) is 5.59. The van der Waals surface area contributed by atoms with Crippen LogP contribution in [-0.2, 0) is 4.79 Å². The molecule has 4 nitrogen and oxygen atoms in total. The van der Waals surface area contributed by atoms with Crippen molar-refractivity contribution in [3.05, 3.63) is 11.9 Å². The predicted molar refractivity (Wildman–Crippen MR) is 76.5 cm³/mol. The van der Waals surface area contributed by atoms with Gasteiger partial charge in [0.25, 0.3) is 0 Å². The molecule has 1 fully saturated rings. The van der Waals surface area contributed by atoms with E-state index in [4.69, 9.17) is 5.11 Å². The molecule has 1 aromatic rings. The van der Waals surface area contributed by atoms with E-state index in [0.29, 0.717) is 12.0 Å². The lowest BCUT2D eigenvalue weighted by Crippen LogP contribution is -2.27. The normalized spacial score (nSPS) is 27.4. The van der Waals surface area contributed by atoms with Crippen molar-refractivity contribution in [3.63, 3.8) is 0 Å². The minimum absolute atomic E-state index is 0.0765. The molecule has 1 heterocycles. The number of carbonyl (C=O) groups is 1. The van der Waals surface area contributed by atoms with Crippen LogP contribution in [0.2, 0.25) is 0 Å². The van der Waals surface area contributed by atoms with Crippen LogP contribution in [0.4, 0.5) is 0 Å². The highest BCUT2D eigenvalue weighted by atomic mass is 32.2. The van der Waals surface area contributed by atoms with Gasteiger partial charge in [0, 0.05) is 12.2 Å². The molecule has 0 saturated heterocycles. The van der Waals surface area contributed by atoms with E-state index in [-0.39, 0.29) is 5.75 Å². The Morgan fingerprint density at radius 2 is 2.26 bits per heavy atom. The average Bonchev–Trinajstić information content (AvgIpc) is 2.71. The van der Waals surface area contributed by atoms with Crippen molar-refractivity contribution in [1.82, 2.24) is 9.55 Å². The summed E-state index contributed by atoms with van der Waals surface area (Å²) in [6.45, 7) is 6.58. The fourth-order valence-electron chi connectivity index (χ4n) is 2.91. The molecule has 1 aromatic heterocycles. The van der Waals surface area contributed by atoms with Crippen LogP contribution in [0, 0.1) is 18.8 Å². The second-order valence-corrected chi connectivity index (χ2v) is 6.53. The Morgan fingerprint density at radius 3 is 2.95 bits per heavy atom. The Hall–Kier alpha value is -0.970. The molecular weight excluding hydrogens is 260 g/mol. The van der Waals surface area contributed by atoms with Crippen LogP contribution in [0.15, 0.2) is 11.4 Å². The molecule has 0 aliphatic heterocycles. The number of carboxylic acid groups (broad SMARTS) is 1. The maximum atomic E-state index is 10.7. The third-order valence-corrected chi connectivity index (χ3v) is 5.12. The van der Waals surface area contributed by atoms with Crippen LogP contribution in [0.5, 0.6) is 0 Å². The first kappa shape index (κ1) is 14.4. The molecule has 0 spiro atoms. The monoisotopic (exact) mass is 282 g/mol. The van der Waals surface area contributed by atoms with Crippen molar-refractivity contribution in [2.45, 2.75) is 51.2 Å². The summed E-state index contributed by atoms with van der Waals surface area (Å²) in [5.74, 6) is 0.625. The third-order valence-electron chi connectivity index (χ3n) is 4.16. The third kappa shape index (κ3) is 3.32. The zero-order valence-electron chi connectivity index (χ0n) is 11.8. The van der Waals surface area contributed by atoms with Crippen LogP contribution in [0.1, 0.15) is 44.8 Å². The summed E-state index contributed by atoms with van der Waals surface area (Å²) in [5.41, 5.74) is 0.971. The number of nitrogens with zero attached hydrogens (tertiary/aromatic N) is 2. The predicted octanol–water partition coefficient (Wildman–Crippen LogP) is 3.37. The van der Waals surface area contributed by atoms with E-state index in [1.807, 2.05) is 6.92 Å². The van der Waals surface area contributed by atoms with E-state index in [9.17, 15) is 4.79 Å². The van der Waals surface area contributed by atoms with Crippen LogP contribution in [0.3, 0.4) is 0 Å². The zero-order valence-corrected chi connectivity index (χ0v) is 12.6. The number of thioether (sulfide) groups is 1. The molecule has 2 rings (SSSR count). The van der Waals surface area contributed by atoms with Crippen LogP contribution in [0.25, 0.3) is 0 Å². The van der Waals surface area contributed by atoms with Gasteiger partial charge in [-0.15, -0.1) is 0 Å². The summed E-state index contributed by atoms with van der Waals surface area (Å²) >= 11 is 1.33. The smallest absolute Gasteiger partial charge is 0.313 e. The van der Waals surface area contributed by atoms with Gasteiger partial charge in [0.1, 0.15) is 0 Å². The molecule has 0 aromatic carbocycles. The van der Waals surface area contributed by atoms with Gasteiger partial charge in [-0.1, -0.05) is 38.5 Å². The van der Waals surface area contributed by atoms with Crippen molar-refractivity contribution >= 4 is 17.7 Å². The maximum Gasteiger partial charge on any atom is 0.313 e. The van der Waals surface area contributed by atoms with Crippen molar-refractivity contribution < 1.29 is 9.90 Å². The van der Waals surface area contributed by atoms with Crippen LogP contribution >= 0.6 is 11.8 Å². The molecule has 5 heteroatoms. The van der Waals surface area contributed by atoms with Gasteiger partial charge < -0.3 is 9.67 Å². The van der Waals surface area contributed by atoms with Crippen molar-refractivity contribution in [2.24, 2.45) is 11.8 Å². The highest BCUT2D eigenvalue weighted by Crippen LogP contribution is 2.39. The van der Waals surface area contributed by atoms with Gasteiger partial charge in [-0.05, 0) is 25.2 Å². The lowest BCUT2D eigenvalue weighted by Gasteiger charge is -2.35. The molecule has 106 valence electrons. The van der Waals surface area contributed by atoms with E-state index in [0.717, 1.165) is 16.8 Å². The number of aliphatic carboxylic acids is 1. The number of rotatable bonds is 4. The summed E-state index contributed by atoms with van der Waals surface area (Å²) in [6.07, 6.45) is 5.78. The molecule has 1 N–H and O–H groups in total. The minimum atomic E-state index is -0.790. The van der Waals surface area contributed by atoms with Gasteiger partial charge in [-0.3, -0.25) is 4.79 Å². The Labute approximate surface area is 118 Å². The zero-order chi connectivity index (χ0) is 14.0. The first-order chi connectivity index (χ1) is 8.99. The van der Waals surface area contributed by atoms with Crippen LogP contribution in [-0.4, -0.2) is 26.4 Å². The number of hydrogen-bond acceptors (Lipinski definition) is 3. The fraction of sp³-hybridized carbons (Fsp3) is 0.714. The van der Waals surface area contributed by atoms with E-state index < -0.39 is 5.97 Å². The minimum Gasteiger partial charge on any atom is -0.481 e. The van der Waals surface area contributed by atoms with Gasteiger partial charge in [0.05, 0.1) is 11.4 Å².